The monoisotopic (exact) mass is 379 g/mol. The molecule has 3 aromatic rings. The Kier molecular flexibility index (Phi) is 5.03. The Labute approximate surface area is 161 Å². The van der Waals surface area contributed by atoms with Gasteiger partial charge in [0.05, 0.1) is 18.3 Å². The van der Waals surface area contributed by atoms with E-state index in [4.69, 9.17) is 4.74 Å². The van der Waals surface area contributed by atoms with Crippen LogP contribution in [0.5, 0.6) is 0 Å². The van der Waals surface area contributed by atoms with Crippen LogP contribution in [-0.2, 0) is 11.3 Å². The Morgan fingerprint density at radius 2 is 2.25 bits per heavy atom. The van der Waals surface area contributed by atoms with E-state index >= 15 is 0 Å². The minimum atomic E-state index is -0.431. The molecule has 1 amide bonds. The Bertz CT molecular complexity index is 1040. The molecule has 8 nitrogen and oxygen atoms in total. The summed E-state index contributed by atoms with van der Waals surface area (Å²) in [6, 6.07) is 8.99. The summed E-state index contributed by atoms with van der Waals surface area (Å²) < 4.78 is 8.77. The number of nitrogens with one attached hydrogen (secondary N) is 1. The second-order valence-corrected chi connectivity index (χ2v) is 6.81. The van der Waals surface area contributed by atoms with Gasteiger partial charge in [0.25, 0.3) is 11.5 Å². The van der Waals surface area contributed by atoms with Crippen LogP contribution >= 0.6 is 0 Å². The lowest BCUT2D eigenvalue weighted by molar-refractivity contribution is 0.0952. The van der Waals surface area contributed by atoms with E-state index < -0.39 is 5.91 Å². The number of benzene rings is 1. The van der Waals surface area contributed by atoms with Gasteiger partial charge in [0.15, 0.2) is 0 Å². The van der Waals surface area contributed by atoms with Crippen molar-refractivity contribution < 1.29 is 9.53 Å². The van der Waals surface area contributed by atoms with Gasteiger partial charge in [0.2, 0.25) is 0 Å². The van der Waals surface area contributed by atoms with Gasteiger partial charge in [-0.25, -0.2) is 9.67 Å². The lowest BCUT2D eigenvalue weighted by atomic mass is 10.1. The molecule has 1 aliphatic rings. The zero-order valence-electron chi connectivity index (χ0n) is 15.5. The highest BCUT2D eigenvalue weighted by Crippen LogP contribution is 2.16. The van der Waals surface area contributed by atoms with Crippen molar-refractivity contribution in [3.05, 3.63) is 70.7 Å². The van der Waals surface area contributed by atoms with Gasteiger partial charge in [-0.05, 0) is 49.6 Å². The predicted molar refractivity (Wildman–Crippen MR) is 104 cm³/mol. The van der Waals surface area contributed by atoms with Crippen molar-refractivity contribution in [2.75, 3.05) is 11.9 Å². The maximum atomic E-state index is 12.9. The van der Waals surface area contributed by atoms with Gasteiger partial charge in [0, 0.05) is 18.5 Å². The summed E-state index contributed by atoms with van der Waals surface area (Å²) in [6.07, 6.45) is 6.69. The van der Waals surface area contributed by atoms with Gasteiger partial charge in [-0.3, -0.25) is 9.59 Å². The number of amides is 1. The fourth-order valence-corrected chi connectivity index (χ4v) is 3.35. The molecule has 1 unspecified atom stereocenters. The lowest BCUT2D eigenvalue weighted by Gasteiger charge is -2.14. The van der Waals surface area contributed by atoms with Crippen LogP contribution in [0.15, 0.2) is 54.0 Å². The number of pyridine rings is 1. The number of ether oxygens (including phenoxy) is 1. The molecule has 1 atom stereocenters. The first-order chi connectivity index (χ1) is 13.6. The number of hydrogen-bond donors (Lipinski definition) is 1. The van der Waals surface area contributed by atoms with Crippen LogP contribution in [0.25, 0.3) is 5.69 Å². The highest BCUT2D eigenvalue weighted by molar-refractivity contribution is 6.05. The van der Waals surface area contributed by atoms with Crippen LogP contribution in [-0.4, -0.2) is 37.9 Å². The quantitative estimate of drug-likeness (QED) is 0.734. The van der Waals surface area contributed by atoms with E-state index in [-0.39, 0.29) is 17.2 Å². The summed E-state index contributed by atoms with van der Waals surface area (Å²) in [5.74, 6) is -0.431. The molecule has 4 rings (SSSR count). The molecule has 0 radical (unpaired) electrons. The van der Waals surface area contributed by atoms with E-state index in [9.17, 15) is 9.59 Å². The van der Waals surface area contributed by atoms with Crippen LogP contribution in [0.1, 0.15) is 28.8 Å². The summed E-state index contributed by atoms with van der Waals surface area (Å²) in [7, 11) is 0. The number of carbonyl (C=O) groups excluding carboxylic acids is 1. The van der Waals surface area contributed by atoms with Crippen molar-refractivity contribution in [3.8, 4) is 5.69 Å². The van der Waals surface area contributed by atoms with Gasteiger partial charge in [-0.15, -0.1) is 0 Å². The molecular weight excluding hydrogens is 358 g/mol. The lowest BCUT2D eigenvalue weighted by Crippen LogP contribution is -2.32. The summed E-state index contributed by atoms with van der Waals surface area (Å²) >= 11 is 0. The van der Waals surface area contributed by atoms with E-state index in [2.05, 4.69) is 15.4 Å². The molecule has 0 bridgehead atoms. The predicted octanol–water partition coefficient (Wildman–Crippen LogP) is 2.17. The third-order valence-corrected chi connectivity index (χ3v) is 4.81. The molecule has 1 N–H and O–H groups in total. The first-order valence-corrected chi connectivity index (χ1v) is 9.20. The normalized spacial score (nSPS) is 16.2. The Hall–Kier alpha value is -3.26. The van der Waals surface area contributed by atoms with Crippen molar-refractivity contribution in [1.29, 1.82) is 0 Å². The number of hydrogen-bond acceptors (Lipinski definition) is 5. The molecule has 1 saturated heterocycles. The molecule has 1 fully saturated rings. The Morgan fingerprint density at radius 1 is 1.36 bits per heavy atom. The molecule has 8 heteroatoms. The van der Waals surface area contributed by atoms with Gasteiger partial charge < -0.3 is 14.6 Å². The molecule has 2 aromatic heterocycles. The van der Waals surface area contributed by atoms with E-state index in [1.54, 1.807) is 53.0 Å². The molecule has 0 saturated carbocycles. The summed E-state index contributed by atoms with van der Waals surface area (Å²) in [5.41, 5.74) is 1.81. The first-order valence-electron chi connectivity index (χ1n) is 9.20. The topological polar surface area (TPSA) is 91.0 Å². The maximum Gasteiger partial charge on any atom is 0.263 e. The minimum Gasteiger partial charge on any atom is -0.376 e. The van der Waals surface area contributed by atoms with Gasteiger partial charge in [0.1, 0.15) is 18.2 Å². The highest BCUT2D eigenvalue weighted by atomic mass is 16.5. The first kappa shape index (κ1) is 18.1. The summed E-state index contributed by atoms with van der Waals surface area (Å²) in [5, 5.41) is 6.90. The van der Waals surface area contributed by atoms with Crippen molar-refractivity contribution in [2.45, 2.75) is 32.4 Å². The summed E-state index contributed by atoms with van der Waals surface area (Å²) in [6.45, 7) is 2.94. The van der Waals surface area contributed by atoms with Crippen LogP contribution in [0.2, 0.25) is 0 Å². The summed E-state index contributed by atoms with van der Waals surface area (Å²) in [4.78, 5) is 29.7. The largest absolute Gasteiger partial charge is 0.376 e. The number of aryl methyl sites for hydroxylation is 1. The molecule has 1 aliphatic heterocycles. The van der Waals surface area contributed by atoms with E-state index in [1.165, 1.54) is 6.33 Å². The number of carbonyl (C=O) groups is 1. The van der Waals surface area contributed by atoms with Crippen LogP contribution in [0.3, 0.4) is 0 Å². The number of nitrogens with zero attached hydrogens (tertiary/aromatic N) is 4. The fourth-order valence-electron chi connectivity index (χ4n) is 3.35. The highest BCUT2D eigenvalue weighted by Gasteiger charge is 2.20. The van der Waals surface area contributed by atoms with Crippen molar-refractivity contribution in [2.24, 2.45) is 0 Å². The minimum absolute atomic E-state index is 0.0238. The van der Waals surface area contributed by atoms with Crippen molar-refractivity contribution in [1.82, 2.24) is 19.3 Å². The van der Waals surface area contributed by atoms with Crippen LogP contribution in [0.4, 0.5) is 5.69 Å². The van der Waals surface area contributed by atoms with E-state index in [0.717, 1.165) is 25.1 Å². The second-order valence-electron chi connectivity index (χ2n) is 6.81. The van der Waals surface area contributed by atoms with Gasteiger partial charge in [-0.2, -0.15) is 5.10 Å². The van der Waals surface area contributed by atoms with Crippen LogP contribution in [0, 0.1) is 6.92 Å². The molecule has 0 aliphatic carbocycles. The van der Waals surface area contributed by atoms with Crippen LogP contribution < -0.4 is 10.9 Å². The molecule has 0 spiro atoms. The van der Waals surface area contributed by atoms with E-state index in [1.807, 2.05) is 6.07 Å². The molecular formula is C20H21N5O3. The number of aromatic nitrogens is 4. The average molecular weight is 379 g/mol. The Balaban J connectivity index is 1.58. The maximum absolute atomic E-state index is 12.9. The molecule has 3 heterocycles. The third kappa shape index (κ3) is 3.72. The molecule has 1 aromatic carbocycles. The zero-order chi connectivity index (χ0) is 19.5. The molecule has 28 heavy (non-hydrogen) atoms. The second kappa shape index (κ2) is 7.77. The van der Waals surface area contributed by atoms with Gasteiger partial charge in [-0.1, -0.05) is 6.07 Å². The van der Waals surface area contributed by atoms with Crippen molar-refractivity contribution >= 4 is 11.6 Å². The zero-order valence-corrected chi connectivity index (χ0v) is 15.5. The average Bonchev–Trinajstić information content (AvgIpc) is 3.38. The fraction of sp³-hybridized carbons (Fsp3) is 0.300. The smallest absolute Gasteiger partial charge is 0.263 e. The Morgan fingerprint density at radius 3 is 3.00 bits per heavy atom. The molecule has 144 valence electrons. The number of rotatable bonds is 5. The SMILES string of the molecule is Cc1ccn(CC2CCCO2)c(=O)c1C(=O)Nc1cccc(-n2cncn2)c1. The standard InChI is InChI=1S/C20H21N5O3/c1-14-7-8-24(11-17-6-3-9-28-17)20(27)18(14)19(26)23-15-4-2-5-16(10-15)25-13-21-12-22-25/h2,4-5,7-8,10,12-13,17H,3,6,9,11H2,1H3,(H,23,26). The number of anilines is 1. The van der Waals surface area contributed by atoms with Crippen molar-refractivity contribution in [3.63, 3.8) is 0 Å². The third-order valence-electron chi connectivity index (χ3n) is 4.81. The van der Waals surface area contributed by atoms with E-state index in [0.29, 0.717) is 17.8 Å². The van der Waals surface area contributed by atoms with Gasteiger partial charge >= 0.3 is 0 Å².